The highest BCUT2D eigenvalue weighted by Crippen LogP contribution is 2.11. The molecule has 0 radical (unpaired) electrons. The average Bonchev–Trinajstić information content (AvgIpc) is 2.15. The zero-order chi connectivity index (χ0) is 9.68. The molecule has 0 saturated heterocycles. The zero-order valence-corrected chi connectivity index (χ0v) is 6.67. The van der Waals surface area contributed by atoms with Gasteiger partial charge in [-0.2, -0.15) is 5.26 Å². The third-order valence-corrected chi connectivity index (χ3v) is 1.39. The van der Waals surface area contributed by atoms with Gasteiger partial charge in [-0.3, -0.25) is 4.98 Å². The molecule has 3 nitrogen and oxygen atoms in total. The second-order valence-electron chi connectivity index (χ2n) is 2.31. The van der Waals surface area contributed by atoms with Crippen molar-refractivity contribution in [2.75, 3.05) is 11.9 Å². The zero-order valence-electron chi connectivity index (χ0n) is 6.67. The molecule has 0 spiro atoms. The lowest BCUT2D eigenvalue weighted by Crippen LogP contribution is -2.11. The highest BCUT2D eigenvalue weighted by atomic mass is 19.3. The summed E-state index contributed by atoms with van der Waals surface area (Å²) >= 11 is 0. The maximum absolute atomic E-state index is 11.8. The summed E-state index contributed by atoms with van der Waals surface area (Å²) in [5.41, 5.74) is 0.654. The Morgan fingerprint density at radius 1 is 1.62 bits per heavy atom. The van der Waals surface area contributed by atoms with Crippen LogP contribution in [0, 0.1) is 11.3 Å². The van der Waals surface area contributed by atoms with Crippen LogP contribution in [0.3, 0.4) is 0 Å². The van der Waals surface area contributed by atoms with E-state index in [1.807, 2.05) is 6.07 Å². The summed E-state index contributed by atoms with van der Waals surface area (Å²) in [4.78, 5) is 3.71. The normalized spacial score (nSPS) is 9.69. The molecule has 0 atom stereocenters. The van der Waals surface area contributed by atoms with Crippen molar-refractivity contribution in [2.24, 2.45) is 0 Å². The van der Waals surface area contributed by atoms with Crippen molar-refractivity contribution in [1.82, 2.24) is 4.98 Å². The Hall–Kier alpha value is -1.70. The lowest BCUT2D eigenvalue weighted by atomic mass is 10.2. The van der Waals surface area contributed by atoms with Crippen LogP contribution in [-0.2, 0) is 0 Å². The predicted octanol–water partition coefficient (Wildman–Crippen LogP) is 1.63. The summed E-state index contributed by atoms with van der Waals surface area (Å²) < 4.78 is 23.6. The van der Waals surface area contributed by atoms with Crippen molar-refractivity contribution in [3.63, 3.8) is 0 Å². The van der Waals surface area contributed by atoms with Gasteiger partial charge in [0.05, 0.1) is 24.0 Å². The van der Waals surface area contributed by atoms with Crippen LogP contribution in [0.2, 0.25) is 0 Å². The maximum atomic E-state index is 11.8. The number of nitrogens with zero attached hydrogens (tertiary/aromatic N) is 2. The number of pyridine rings is 1. The number of halogens is 2. The molecule has 0 saturated carbocycles. The van der Waals surface area contributed by atoms with Gasteiger partial charge in [-0.15, -0.1) is 0 Å². The molecule has 0 aliphatic rings. The van der Waals surface area contributed by atoms with E-state index in [0.29, 0.717) is 11.3 Å². The molecule has 13 heavy (non-hydrogen) atoms. The van der Waals surface area contributed by atoms with Crippen molar-refractivity contribution in [3.8, 4) is 6.07 Å². The number of alkyl halides is 2. The molecule has 1 N–H and O–H groups in total. The summed E-state index contributed by atoms with van der Waals surface area (Å²) in [5.74, 6) is 0. The molecule has 0 unspecified atom stereocenters. The van der Waals surface area contributed by atoms with E-state index >= 15 is 0 Å². The lowest BCUT2D eigenvalue weighted by molar-refractivity contribution is 0.163. The summed E-state index contributed by atoms with van der Waals surface area (Å²) in [6, 6.07) is 3.34. The van der Waals surface area contributed by atoms with E-state index in [1.165, 1.54) is 18.5 Å². The molecule has 0 fully saturated rings. The van der Waals surface area contributed by atoms with Gasteiger partial charge in [0, 0.05) is 6.20 Å². The van der Waals surface area contributed by atoms with Crippen molar-refractivity contribution >= 4 is 5.69 Å². The smallest absolute Gasteiger partial charge is 0.255 e. The standard InChI is InChI=1S/C8H7F2N3/c9-8(10)5-13-7-4-12-2-1-6(7)3-11/h1-2,4,8,13H,5H2. The summed E-state index contributed by atoms with van der Waals surface area (Å²) in [5, 5.41) is 11.0. The quantitative estimate of drug-likeness (QED) is 0.774. The molecule has 1 aromatic rings. The molecular formula is C8H7F2N3. The van der Waals surface area contributed by atoms with Gasteiger partial charge in [0.1, 0.15) is 6.07 Å². The number of rotatable bonds is 3. The highest BCUT2D eigenvalue weighted by Gasteiger charge is 2.04. The lowest BCUT2D eigenvalue weighted by Gasteiger charge is -2.05. The van der Waals surface area contributed by atoms with Crippen LogP contribution < -0.4 is 5.32 Å². The van der Waals surface area contributed by atoms with Crippen LogP contribution in [0.15, 0.2) is 18.5 Å². The first-order valence-electron chi connectivity index (χ1n) is 3.60. The average molecular weight is 183 g/mol. The fraction of sp³-hybridized carbons (Fsp3) is 0.250. The summed E-state index contributed by atoms with van der Waals surface area (Å²) in [6.07, 6.45) is 0.347. The van der Waals surface area contributed by atoms with Crippen molar-refractivity contribution in [1.29, 1.82) is 5.26 Å². The number of hydrogen-bond donors (Lipinski definition) is 1. The second-order valence-corrected chi connectivity index (χ2v) is 2.31. The first-order chi connectivity index (χ1) is 6.24. The topological polar surface area (TPSA) is 48.7 Å². The van der Waals surface area contributed by atoms with Crippen LogP contribution in [-0.4, -0.2) is 18.0 Å². The van der Waals surface area contributed by atoms with Crippen molar-refractivity contribution in [3.05, 3.63) is 24.0 Å². The van der Waals surface area contributed by atoms with Gasteiger partial charge >= 0.3 is 0 Å². The molecule has 5 heteroatoms. The Labute approximate surface area is 74.0 Å². The van der Waals surface area contributed by atoms with E-state index in [1.54, 1.807) is 0 Å². The van der Waals surface area contributed by atoms with E-state index in [9.17, 15) is 8.78 Å². The monoisotopic (exact) mass is 183 g/mol. The minimum absolute atomic E-state index is 0.315. The van der Waals surface area contributed by atoms with Crippen molar-refractivity contribution in [2.45, 2.75) is 6.43 Å². The van der Waals surface area contributed by atoms with Gasteiger partial charge in [-0.25, -0.2) is 8.78 Å². The molecule has 1 heterocycles. The number of anilines is 1. The van der Waals surface area contributed by atoms with Gasteiger partial charge in [0.25, 0.3) is 6.43 Å². The Kier molecular flexibility index (Phi) is 3.15. The van der Waals surface area contributed by atoms with E-state index in [0.717, 1.165) is 0 Å². The molecule has 0 amide bonds. The van der Waals surface area contributed by atoms with Crippen LogP contribution in [0.1, 0.15) is 5.56 Å². The Morgan fingerprint density at radius 3 is 3.00 bits per heavy atom. The van der Waals surface area contributed by atoms with Crippen LogP contribution in [0.4, 0.5) is 14.5 Å². The van der Waals surface area contributed by atoms with Gasteiger partial charge in [-0.1, -0.05) is 0 Å². The highest BCUT2D eigenvalue weighted by molar-refractivity contribution is 5.55. The van der Waals surface area contributed by atoms with E-state index in [2.05, 4.69) is 10.3 Å². The van der Waals surface area contributed by atoms with Gasteiger partial charge in [0.15, 0.2) is 0 Å². The molecule has 1 rings (SSSR count). The van der Waals surface area contributed by atoms with E-state index < -0.39 is 13.0 Å². The largest absolute Gasteiger partial charge is 0.377 e. The number of nitrogens with one attached hydrogen (secondary N) is 1. The Balaban J connectivity index is 2.71. The molecule has 0 aliphatic carbocycles. The predicted molar refractivity (Wildman–Crippen MR) is 43.4 cm³/mol. The number of aromatic nitrogens is 1. The van der Waals surface area contributed by atoms with Crippen molar-refractivity contribution < 1.29 is 8.78 Å². The third-order valence-electron chi connectivity index (χ3n) is 1.39. The number of nitriles is 1. The molecule has 1 aromatic heterocycles. The van der Waals surface area contributed by atoms with E-state index in [4.69, 9.17) is 5.26 Å². The maximum Gasteiger partial charge on any atom is 0.255 e. The van der Waals surface area contributed by atoms with Crippen LogP contribution >= 0.6 is 0 Å². The molecule has 0 bridgehead atoms. The fourth-order valence-corrected chi connectivity index (χ4v) is 0.820. The Bertz CT molecular complexity index is 319. The molecular weight excluding hydrogens is 176 g/mol. The second kappa shape index (κ2) is 4.36. The SMILES string of the molecule is N#Cc1ccncc1NCC(F)F. The summed E-state index contributed by atoms with van der Waals surface area (Å²) in [7, 11) is 0. The molecule has 0 aromatic carbocycles. The Morgan fingerprint density at radius 2 is 2.38 bits per heavy atom. The number of hydrogen-bond acceptors (Lipinski definition) is 3. The minimum atomic E-state index is -2.44. The van der Waals surface area contributed by atoms with Gasteiger partial charge in [-0.05, 0) is 6.07 Å². The first-order valence-corrected chi connectivity index (χ1v) is 3.60. The van der Waals surface area contributed by atoms with Gasteiger partial charge < -0.3 is 5.32 Å². The minimum Gasteiger partial charge on any atom is -0.377 e. The molecule has 0 aliphatic heterocycles. The van der Waals surface area contributed by atoms with Gasteiger partial charge in [0.2, 0.25) is 0 Å². The third kappa shape index (κ3) is 2.67. The van der Waals surface area contributed by atoms with Crippen LogP contribution in [0.25, 0.3) is 0 Å². The fourth-order valence-electron chi connectivity index (χ4n) is 0.820. The van der Waals surface area contributed by atoms with E-state index in [-0.39, 0.29) is 0 Å². The first kappa shape index (κ1) is 9.39. The summed E-state index contributed by atoms with van der Waals surface area (Å²) in [6.45, 7) is -0.472. The van der Waals surface area contributed by atoms with Crippen LogP contribution in [0.5, 0.6) is 0 Å². The molecule has 68 valence electrons.